The Morgan fingerprint density at radius 1 is 1.00 bits per heavy atom. The molecule has 0 heterocycles. The minimum Gasteiger partial charge on any atom is -0.493 e. The number of benzene rings is 2. The Balaban J connectivity index is 1.97. The number of halogens is 2. The standard InChI is InChI=1S/C15H14BrFO2/c16-8-9-18-13-6-7-15(14(17)10-13)19-11-12-4-2-1-3-5-12/h1-7,10H,8-9,11H2. The predicted molar refractivity (Wildman–Crippen MR) is 76.5 cm³/mol. The van der Waals surface area contributed by atoms with Gasteiger partial charge in [0.1, 0.15) is 12.4 Å². The van der Waals surface area contributed by atoms with Crippen LogP contribution in [0.4, 0.5) is 4.39 Å². The second-order valence-electron chi connectivity index (χ2n) is 3.90. The van der Waals surface area contributed by atoms with Gasteiger partial charge in [0.25, 0.3) is 0 Å². The summed E-state index contributed by atoms with van der Waals surface area (Å²) in [5.41, 5.74) is 1.00. The first-order chi connectivity index (χ1) is 9.29. The van der Waals surface area contributed by atoms with Gasteiger partial charge in [0.15, 0.2) is 11.6 Å². The second kappa shape index (κ2) is 7.14. The van der Waals surface area contributed by atoms with Gasteiger partial charge in [-0.25, -0.2) is 4.39 Å². The van der Waals surface area contributed by atoms with Gasteiger partial charge in [-0.3, -0.25) is 0 Å². The molecular formula is C15H14BrFO2. The first kappa shape index (κ1) is 13.9. The lowest BCUT2D eigenvalue weighted by atomic mass is 10.2. The fourth-order valence-corrected chi connectivity index (χ4v) is 1.74. The molecule has 0 fully saturated rings. The lowest BCUT2D eigenvalue weighted by Crippen LogP contribution is -2.00. The highest BCUT2D eigenvalue weighted by molar-refractivity contribution is 9.09. The predicted octanol–water partition coefficient (Wildman–Crippen LogP) is 4.18. The Hall–Kier alpha value is -1.55. The van der Waals surface area contributed by atoms with E-state index in [4.69, 9.17) is 9.47 Å². The van der Waals surface area contributed by atoms with Gasteiger partial charge in [0.2, 0.25) is 0 Å². The largest absolute Gasteiger partial charge is 0.493 e. The number of ether oxygens (including phenoxy) is 2. The molecule has 0 N–H and O–H groups in total. The molecule has 100 valence electrons. The summed E-state index contributed by atoms with van der Waals surface area (Å²) in [7, 11) is 0. The Bertz CT molecular complexity index is 517. The fraction of sp³-hybridized carbons (Fsp3) is 0.200. The van der Waals surface area contributed by atoms with Gasteiger partial charge in [-0.2, -0.15) is 0 Å². The van der Waals surface area contributed by atoms with E-state index in [1.54, 1.807) is 12.1 Å². The van der Waals surface area contributed by atoms with E-state index in [-0.39, 0.29) is 5.75 Å². The van der Waals surface area contributed by atoms with Crippen LogP contribution < -0.4 is 9.47 Å². The lowest BCUT2D eigenvalue weighted by molar-refractivity contribution is 0.287. The molecule has 2 nitrogen and oxygen atoms in total. The minimum atomic E-state index is -0.414. The average Bonchev–Trinajstić information content (AvgIpc) is 2.45. The second-order valence-corrected chi connectivity index (χ2v) is 4.70. The van der Waals surface area contributed by atoms with Gasteiger partial charge < -0.3 is 9.47 Å². The van der Waals surface area contributed by atoms with Crippen LogP contribution in [0.2, 0.25) is 0 Å². The van der Waals surface area contributed by atoms with Crippen LogP contribution in [0.3, 0.4) is 0 Å². The maximum absolute atomic E-state index is 13.8. The SMILES string of the molecule is Fc1cc(OCCBr)ccc1OCc1ccccc1. The zero-order valence-electron chi connectivity index (χ0n) is 10.3. The van der Waals surface area contributed by atoms with Gasteiger partial charge >= 0.3 is 0 Å². The van der Waals surface area contributed by atoms with E-state index in [1.807, 2.05) is 30.3 Å². The van der Waals surface area contributed by atoms with Crippen molar-refractivity contribution in [1.29, 1.82) is 0 Å². The van der Waals surface area contributed by atoms with Gasteiger partial charge in [0.05, 0.1) is 6.61 Å². The molecule has 2 aromatic carbocycles. The summed E-state index contributed by atoms with van der Waals surface area (Å²) in [6.45, 7) is 0.850. The summed E-state index contributed by atoms with van der Waals surface area (Å²) in [5.74, 6) is 0.321. The molecule has 2 aromatic rings. The van der Waals surface area contributed by atoms with Crippen LogP contribution in [0, 0.1) is 5.82 Å². The molecule has 0 radical (unpaired) electrons. The van der Waals surface area contributed by atoms with Crippen molar-refractivity contribution in [2.75, 3.05) is 11.9 Å². The number of alkyl halides is 1. The smallest absolute Gasteiger partial charge is 0.168 e. The summed E-state index contributed by atoms with van der Waals surface area (Å²) in [4.78, 5) is 0. The molecule has 0 bridgehead atoms. The lowest BCUT2D eigenvalue weighted by Gasteiger charge is -2.09. The molecule has 0 spiro atoms. The van der Waals surface area contributed by atoms with E-state index in [2.05, 4.69) is 15.9 Å². The molecule has 0 aliphatic rings. The van der Waals surface area contributed by atoms with Crippen LogP contribution >= 0.6 is 15.9 Å². The highest BCUT2D eigenvalue weighted by Crippen LogP contribution is 2.23. The Labute approximate surface area is 120 Å². The summed E-state index contributed by atoms with van der Waals surface area (Å²) in [6.07, 6.45) is 0. The monoisotopic (exact) mass is 324 g/mol. The molecule has 0 atom stereocenters. The number of rotatable bonds is 6. The molecule has 0 aromatic heterocycles. The molecule has 2 rings (SSSR count). The van der Waals surface area contributed by atoms with Crippen molar-refractivity contribution in [3.8, 4) is 11.5 Å². The molecule has 19 heavy (non-hydrogen) atoms. The van der Waals surface area contributed by atoms with Crippen molar-refractivity contribution in [2.45, 2.75) is 6.61 Å². The molecule has 4 heteroatoms. The van der Waals surface area contributed by atoms with Crippen molar-refractivity contribution in [3.05, 3.63) is 59.9 Å². The third kappa shape index (κ3) is 4.24. The van der Waals surface area contributed by atoms with E-state index < -0.39 is 5.82 Å². The first-order valence-corrected chi connectivity index (χ1v) is 7.07. The number of hydrogen-bond acceptors (Lipinski definition) is 2. The van der Waals surface area contributed by atoms with Crippen molar-refractivity contribution in [2.24, 2.45) is 0 Å². The Morgan fingerprint density at radius 3 is 2.47 bits per heavy atom. The summed E-state index contributed by atoms with van der Waals surface area (Å²) in [5, 5.41) is 0.709. The third-order valence-electron chi connectivity index (χ3n) is 2.49. The number of hydrogen-bond donors (Lipinski definition) is 0. The topological polar surface area (TPSA) is 18.5 Å². The zero-order chi connectivity index (χ0) is 13.5. The molecule has 0 saturated carbocycles. The molecular weight excluding hydrogens is 311 g/mol. The molecule has 0 saturated heterocycles. The summed E-state index contributed by atoms with van der Waals surface area (Å²) >= 11 is 3.25. The van der Waals surface area contributed by atoms with E-state index in [1.165, 1.54) is 6.07 Å². The highest BCUT2D eigenvalue weighted by atomic mass is 79.9. The quantitative estimate of drug-likeness (QED) is 0.742. The van der Waals surface area contributed by atoms with E-state index >= 15 is 0 Å². The van der Waals surface area contributed by atoms with Crippen molar-refractivity contribution in [3.63, 3.8) is 0 Å². The maximum Gasteiger partial charge on any atom is 0.168 e. The van der Waals surface area contributed by atoms with Crippen molar-refractivity contribution in [1.82, 2.24) is 0 Å². The normalized spacial score (nSPS) is 10.2. The van der Waals surface area contributed by atoms with Crippen LogP contribution in [0.25, 0.3) is 0 Å². The molecule has 0 unspecified atom stereocenters. The van der Waals surface area contributed by atoms with Gasteiger partial charge in [-0.05, 0) is 17.7 Å². The van der Waals surface area contributed by atoms with Crippen LogP contribution in [-0.4, -0.2) is 11.9 Å². The van der Waals surface area contributed by atoms with Crippen LogP contribution in [0.15, 0.2) is 48.5 Å². The van der Waals surface area contributed by atoms with Crippen LogP contribution in [0.1, 0.15) is 5.56 Å². The van der Waals surface area contributed by atoms with Gasteiger partial charge in [-0.15, -0.1) is 0 Å². The third-order valence-corrected chi connectivity index (χ3v) is 2.81. The van der Waals surface area contributed by atoms with E-state index in [0.29, 0.717) is 24.3 Å². The molecule has 0 aliphatic heterocycles. The minimum absolute atomic E-state index is 0.232. The van der Waals surface area contributed by atoms with Crippen molar-refractivity contribution >= 4 is 15.9 Å². The average molecular weight is 325 g/mol. The molecule has 0 amide bonds. The summed E-state index contributed by atoms with van der Waals surface area (Å²) in [6, 6.07) is 14.3. The fourth-order valence-electron chi connectivity index (χ4n) is 1.58. The summed E-state index contributed by atoms with van der Waals surface area (Å²) < 4.78 is 24.5. The van der Waals surface area contributed by atoms with E-state index in [0.717, 1.165) is 5.56 Å². The molecule has 0 aliphatic carbocycles. The zero-order valence-corrected chi connectivity index (χ0v) is 11.9. The van der Waals surface area contributed by atoms with Crippen LogP contribution in [0.5, 0.6) is 11.5 Å². The Morgan fingerprint density at radius 2 is 1.79 bits per heavy atom. The Kier molecular flexibility index (Phi) is 5.21. The van der Waals surface area contributed by atoms with Crippen LogP contribution in [-0.2, 0) is 6.61 Å². The van der Waals surface area contributed by atoms with E-state index in [9.17, 15) is 4.39 Å². The van der Waals surface area contributed by atoms with Gasteiger partial charge in [-0.1, -0.05) is 46.3 Å². The highest BCUT2D eigenvalue weighted by Gasteiger charge is 2.05. The van der Waals surface area contributed by atoms with Crippen molar-refractivity contribution < 1.29 is 13.9 Å². The first-order valence-electron chi connectivity index (χ1n) is 5.94. The maximum atomic E-state index is 13.8. The van der Waals surface area contributed by atoms with Gasteiger partial charge in [0, 0.05) is 11.4 Å².